The number of carbonyl (C=O) groups excluding carboxylic acids is 3. The number of amides is 3. The van der Waals surface area contributed by atoms with E-state index in [1.807, 2.05) is 0 Å². The van der Waals surface area contributed by atoms with E-state index in [0.717, 1.165) is 4.57 Å². The van der Waals surface area contributed by atoms with E-state index >= 15 is 0 Å². The summed E-state index contributed by atoms with van der Waals surface area (Å²) in [7, 11) is 1.30. The number of fused-ring (bicyclic) bond motifs is 1. The molecule has 0 aliphatic carbocycles. The highest BCUT2D eigenvalue weighted by molar-refractivity contribution is 6.05. The number of piperidine rings is 1. The fraction of sp³-hybridized carbons (Fsp3) is 0.250. The van der Waals surface area contributed by atoms with E-state index in [4.69, 9.17) is 5.73 Å². The molecule has 3 heterocycles. The molecule has 0 bridgehead atoms. The number of nitrogens with two attached hydrogens (primary N) is 1. The number of hydrogen-bond acceptors (Lipinski definition) is 5. The SMILES string of the molecule is Cn1c(C(F)(F)F)nc(-c2ccc3c(c2)CN(C2CCC(=O)NC2=O)C3=O)c1-c1ccc(N)cc1. The first-order valence-electron chi connectivity index (χ1n) is 10.8. The number of hydrogen-bond donors (Lipinski definition) is 2. The summed E-state index contributed by atoms with van der Waals surface area (Å²) in [6, 6.07) is 10.4. The minimum atomic E-state index is -4.68. The molecule has 1 aromatic heterocycles. The van der Waals surface area contributed by atoms with Crippen LogP contribution < -0.4 is 11.1 Å². The zero-order valence-corrected chi connectivity index (χ0v) is 18.5. The molecular weight excluding hydrogens is 463 g/mol. The molecule has 11 heteroatoms. The van der Waals surface area contributed by atoms with Crippen LogP contribution in [0.15, 0.2) is 42.5 Å². The number of rotatable bonds is 3. The van der Waals surface area contributed by atoms with E-state index in [0.29, 0.717) is 27.9 Å². The predicted octanol–water partition coefficient (Wildman–Crippen LogP) is 3.12. The standard InChI is InChI=1S/C24H20F3N5O3/c1-31-20(12-2-5-15(28)6-3-12)19(30-23(31)24(25,26)27)13-4-7-16-14(10-13)11-32(22(16)35)17-8-9-18(33)29-21(17)34/h2-7,10,17H,8-9,11,28H2,1H3,(H,29,33,34). The van der Waals surface area contributed by atoms with Gasteiger partial charge in [-0.1, -0.05) is 18.2 Å². The van der Waals surface area contributed by atoms with E-state index < -0.39 is 23.9 Å². The molecule has 8 nitrogen and oxygen atoms in total. The van der Waals surface area contributed by atoms with Crippen LogP contribution >= 0.6 is 0 Å². The summed E-state index contributed by atoms with van der Waals surface area (Å²) in [5.41, 5.74) is 8.41. The summed E-state index contributed by atoms with van der Waals surface area (Å²) in [4.78, 5) is 42.0. The van der Waals surface area contributed by atoms with Gasteiger partial charge in [0.25, 0.3) is 5.91 Å². The molecule has 35 heavy (non-hydrogen) atoms. The van der Waals surface area contributed by atoms with Crippen LogP contribution in [-0.2, 0) is 29.4 Å². The van der Waals surface area contributed by atoms with E-state index in [2.05, 4.69) is 10.3 Å². The molecule has 5 rings (SSSR count). The number of nitrogens with one attached hydrogen (secondary N) is 1. The first-order chi connectivity index (χ1) is 16.5. The Morgan fingerprint density at radius 1 is 1.06 bits per heavy atom. The lowest BCUT2D eigenvalue weighted by Crippen LogP contribution is -2.52. The summed E-state index contributed by atoms with van der Waals surface area (Å²) in [6.45, 7) is 0.102. The molecule has 2 aliphatic rings. The molecule has 1 atom stereocenters. The maximum Gasteiger partial charge on any atom is 0.449 e. The second-order valence-corrected chi connectivity index (χ2v) is 8.58. The van der Waals surface area contributed by atoms with Crippen molar-refractivity contribution in [1.29, 1.82) is 0 Å². The van der Waals surface area contributed by atoms with Crippen LogP contribution in [0.5, 0.6) is 0 Å². The first kappa shape index (κ1) is 22.6. The Kier molecular flexibility index (Phi) is 5.15. The number of alkyl halides is 3. The van der Waals surface area contributed by atoms with Crippen LogP contribution in [0.25, 0.3) is 22.5 Å². The Balaban J connectivity index is 1.57. The maximum absolute atomic E-state index is 13.7. The summed E-state index contributed by atoms with van der Waals surface area (Å²) in [6.07, 6.45) is -4.33. The van der Waals surface area contributed by atoms with Gasteiger partial charge in [-0.3, -0.25) is 19.7 Å². The minimum Gasteiger partial charge on any atom is -0.399 e. The molecule has 2 aliphatic heterocycles. The molecular formula is C24H20F3N5O3. The van der Waals surface area contributed by atoms with Crippen LogP contribution in [0.3, 0.4) is 0 Å². The Hall–Kier alpha value is -4.15. The molecule has 2 aromatic carbocycles. The van der Waals surface area contributed by atoms with Gasteiger partial charge in [-0.15, -0.1) is 0 Å². The van der Waals surface area contributed by atoms with Gasteiger partial charge in [0.2, 0.25) is 17.6 Å². The lowest BCUT2D eigenvalue weighted by Gasteiger charge is -2.29. The quantitative estimate of drug-likeness (QED) is 0.440. The number of benzene rings is 2. The van der Waals surface area contributed by atoms with Gasteiger partial charge in [-0.05, 0) is 36.2 Å². The minimum absolute atomic E-state index is 0.102. The molecule has 1 unspecified atom stereocenters. The van der Waals surface area contributed by atoms with Crippen molar-refractivity contribution in [2.45, 2.75) is 31.6 Å². The van der Waals surface area contributed by atoms with Crippen molar-refractivity contribution in [2.24, 2.45) is 7.05 Å². The highest BCUT2D eigenvalue weighted by Crippen LogP contribution is 2.39. The molecule has 1 fully saturated rings. The maximum atomic E-state index is 13.7. The van der Waals surface area contributed by atoms with Gasteiger partial charge < -0.3 is 15.2 Å². The first-order valence-corrected chi connectivity index (χ1v) is 10.8. The number of imide groups is 1. The molecule has 3 aromatic rings. The fourth-order valence-electron chi connectivity index (χ4n) is 4.65. The monoisotopic (exact) mass is 483 g/mol. The van der Waals surface area contributed by atoms with Gasteiger partial charge in [-0.25, -0.2) is 4.98 Å². The van der Waals surface area contributed by atoms with Crippen LogP contribution in [0.2, 0.25) is 0 Å². The third kappa shape index (κ3) is 3.82. The van der Waals surface area contributed by atoms with Crippen molar-refractivity contribution in [2.75, 3.05) is 5.73 Å². The summed E-state index contributed by atoms with van der Waals surface area (Å²) >= 11 is 0. The van der Waals surface area contributed by atoms with Crippen molar-refractivity contribution >= 4 is 23.4 Å². The van der Waals surface area contributed by atoms with E-state index in [1.54, 1.807) is 36.4 Å². The number of aromatic nitrogens is 2. The van der Waals surface area contributed by atoms with Gasteiger partial charge in [-0.2, -0.15) is 13.2 Å². The van der Waals surface area contributed by atoms with Gasteiger partial charge in [0.15, 0.2) is 0 Å². The Labute approximate surface area is 197 Å². The van der Waals surface area contributed by atoms with Crippen LogP contribution in [-0.4, -0.2) is 38.2 Å². The molecule has 0 radical (unpaired) electrons. The highest BCUT2D eigenvalue weighted by Gasteiger charge is 2.40. The lowest BCUT2D eigenvalue weighted by molar-refractivity contribution is -0.146. The Morgan fingerprint density at radius 3 is 2.40 bits per heavy atom. The summed E-state index contributed by atoms with van der Waals surface area (Å²) < 4.78 is 42.1. The second-order valence-electron chi connectivity index (χ2n) is 8.58. The summed E-state index contributed by atoms with van der Waals surface area (Å²) in [5, 5.41) is 2.24. The van der Waals surface area contributed by atoms with E-state index in [1.165, 1.54) is 18.0 Å². The molecule has 0 spiro atoms. The number of carbonyl (C=O) groups is 3. The molecule has 0 saturated carbocycles. The van der Waals surface area contributed by atoms with Gasteiger partial charge in [0.1, 0.15) is 6.04 Å². The molecule has 3 N–H and O–H groups in total. The van der Waals surface area contributed by atoms with Crippen molar-refractivity contribution in [3.8, 4) is 22.5 Å². The van der Waals surface area contributed by atoms with Gasteiger partial charge >= 0.3 is 6.18 Å². The zero-order chi connectivity index (χ0) is 25.1. The van der Waals surface area contributed by atoms with Crippen molar-refractivity contribution < 1.29 is 27.6 Å². The van der Waals surface area contributed by atoms with Gasteiger partial charge in [0.05, 0.1) is 11.4 Å². The van der Waals surface area contributed by atoms with E-state index in [9.17, 15) is 27.6 Å². The Bertz CT molecular complexity index is 1380. The fourth-order valence-corrected chi connectivity index (χ4v) is 4.65. The smallest absolute Gasteiger partial charge is 0.399 e. The van der Waals surface area contributed by atoms with Crippen LogP contribution in [0.1, 0.15) is 34.6 Å². The van der Waals surface area contributed by atoms with E-state index in [-0.39, 0.29) is 42.6 Å². The summed E-state index contributed by atoms with van der Waals surface area (Å²) in [5.74, 6) is -2.34. The van der Waals surface area contributed by atoms with Gasteiger partial charge in [0, 0.05) is 42.4 Å². The predicted molar refractivity (Wildman–Crippen MR) is 120 cm³/mol. The largest absolute Gasteiger partial charge is 0.449 e. The topological polar surface area (TPSA) is 110 Å². The van der Waals surface area contributed by atoms with Crippen LogP contribution in [0.4, 0.5) is 18.9 Å². The molecule has 3 amide bonds. The number of nitrogen functional groups attached to an aromatic ring is 1. The third-order valence-corrected chi connectivity index (χ3v) is 6.33. The number of halogens is 3. The van der Waals surface area contributed by atoms with Crippen molar-refractivity contribution in [3.63, 3.8) is 0 Å². The number of anilines is 1. The molecule has 180 valence electrons. The zero-order valence-electron chi connectivity index (χ0n) is 18.5. The van der Waals surface area contributed by atoms with Crippen molar-refractivity contribution in [3.05, 3.63) is 59.4 Å². The third-order valence-electron chi connectivity index (χ3n) is 6.33. The normalized spacial score (nSPS) is 18.1. The second kappa shape index (κ2) is 7.97. The number of imidazole rings is 1. The lowest BCUT2D eigenvalue weighted by atomic mass is 10.0. The average molecular weight is 483 g/mol. The average Bonchev–Trinajstić information content (AvgIpc) is 3.31. The Morgan fingerprint density at radius 2 is 1.74 bits per heavy atom. The number of nitrogens with zero attached hydrogens (tertiary/aromatic N) is 3. The van der Waals surface area contributed by atoms with Crippen LogP contribution in [0, 0.1) is 0 Å². The highest BCUT2D eigenvalue weighted by atomic mass is 19.4. The molecule has 1 saturated heterocycles. The van der Waals surface area contributed by atoms with Crippen molar-refractivity contribution in [1.82, 2.24) is 19.8 Å².